The van der Waals surface area contributed by atoms with E-state index in [0.29, 0.717) is 25.3 Å². The molecule has 1 saturated heterocycles. The molecule has 18 heavy (non-hydrogen) atoms. The molecule has 0 bridgehead atoms. The highest BCUT2D eigenvalue weighted by atomic mass is 32.2. The number of imidazole rings is 1. The molecule has 2 rings (SSSR count). The van der Waals surface area contributed by atoms with Crippen molar-refractivity contribution in [2.75, 3.05) is 13.1 Å². The van der Waals surface area contributed by atoms with Crippen molar-refractivity contribution in [2.45, 2.75) is 31.4 Å². The van der Waals surface area contributed by atoms with Crippen LogP contribution in [0.2, 0.25) is 0 Å². The van der Waals surface area contributed by atoms with Gasteiger partial charge < -0.3 is 9.67 Å². The zero-order chi connectivity index (χ0) is 13.5. The van der Waals surface area contributed by atoms with Gasteiger partial charge in [0.25, 0.3) is 10.0 Å². The second kappa shape index (κ2) is 4.64. The predicted octanol–water partition coefficient (Wildman–Crippen LogP) is 0.120. The minimum Gasteiger partial charge on any atom is -0.393 e. The summed E-state index contributed by atoms with van der Waals surface area (Å²) in [5.74, 6) is 0.685. The Balaban J connectivity index is 2.23. The number of aromatic nitrogens is 2. The third-order valence-corrected chi connectivity index (χ3v) is 5.30. The molecule has 1 N–H and O–H groups in total. The van der Waals surface area contributed by atoms with Crippen LogP contribution in [0.1, 0.15) is 19.2 Å². The van der Waals surface area contributed by atoms with E-state index in [-0.39, 0.29) is 10.9 Å². The number of aryl methyl sites for hydroxylation is 2. The fraction of sp³-hybridized carbons (Fsp3) is 0.727. The highest BCUT2D eigenvalue weighted by Gasteiger charge is 2.35. The number of sulfonamides is 1. The molecular weight excluding hydrogens is 254 g/mol. The van der Waals surface area contributed by atoms with E-state index in [1.807, 2.05) is 0 Å². The maximum atomic E-state index is 12.3. The molecule has 1 aliphatic rings. The van der Waals surface area contributed by atoms with Crippen molar-refractivity contribution >= 4 is 10.0 Å². The predicted molar refractivity (Wildman–Crippen MR) is 66.5 cm³/mol. The molecule has 1 aromatic heterocycles. The summed E-state index contributed by atoms with van der Waals surface area (Å²) in [6.07, 6.45) is 1.75. The van der Waals surface area contributed by atoms with Crippen molar-refractivity contribution in [3.8, 4) is 0 Å². The Morgan fingerprint density at radius 2 is 2.22 bits per heavy atom. The van der Waals surface area contributed by atoms with Gasteiger partial charge in [-0.05, 0) is 26.2 Å². The minimum atomic E-state index is -3.52. The monoisotopic (exact) mass is 273 g/mol. The molecule has 102 valence electrons. The van der Waals surface area contributed by atoms with Crippen LogP contribution in [0.25, 0.3) is 0 Å². The third-order valence-electron chi connectivity index (χ3n) is 3.56. The van der Waals surface area contributed by atoms with Crippen molar-refractivity contribution in [3.63, 3.8) is 0 Å². The Labute approximate surface area is 107 Å². The van der Waals surface area contributed by atoms with Gasteiger partial charge in [-0.25, -0.2) is 13.4 Å². The molecule has 0 radical (unpaired) electrons. The molecule has 6 nitrogen and oxygen atoms in total. The van der Waals surface area contributed by atoms with Crippen LogP contribution in [0.4, 0.5) is 0 Å². The third kappa shape index (κ3) is 2.30. The van der Waals surface area contributed by atoms with E-state index >= 15 is 0 Å². The van der Waals surface area contributed by atoms with Gasteiger partial charge in [-0.2, -0.15) is 4.31 Å². The first-order valence-electron chi connectivity index (χ1n) is 6.00. The summed E-state index contributed by atoms with van der Waals surface area (Å²) in [5.41, 5.74) is 0. The van der Waals surface area contributed by atoms with Gasteiger partial charge in [-0.15, -0.1) is 0 Å². The first-order valence-corrected chi connectivity index (χ1v) is 7.44. The van der Waals surface area contributed by atoms with Gasteiger partial charge in [0, 0.05) is 26.3 Å². The smallest absolute Gasteiger partial charge is 0.262 e. The lowest BCUT2D eigenvalue weighted by molar-refractivity contribution is 0.133. The Morgan fingerprint density at radius 1 is 1.56 bits per heavy atom. The van der Waals surface area contributed by atoms with Gasteiger partial charge in [0.15, 0.2) is 5.03 Å². The molecule has 2 atom stereocenters. The van der Waals surface area contributed by atoms with Crippen LogP contribution in [0.15, 0.2) is 11.2 Å². The highest BCUT2D eigenvalue weighted by molar-refractivity contribution is 7.89. The maximum Gasteiger partial charge on any atom is 0.262 e. The van der Waals surface area contributed by atoms with Crippen molar-refractivity contribution in [1.82, 2.24) is 13.9 Å². The van der Waals surface area contributed by atoms with E-state index in [9.17, 15) is 13.5 Å². The second-order valence-electron chi connectivity index (χ2n) is 4.89. The van der Waals surface area contributed by atoms with Crippen molar-refractivity contribution in [1.29, 1.82) is 0 Å². The Bertz CT molecular complexity index is 516. The van der Waals surface area contributed by atoms with E-state index < -0.39 is 16.1 Å². The van der Waals surface area contributed by atoms with Crippen molar-refractivity contribution < 1.29 is 13.5 Å². The van der Waals surface area contributed by atoms with Gasteiger partial charge in [-0.1, -0.05) is 0 Å². The van der Waals surface area contributed by atoms with Gasteiger partial charge >= 0.3 is 0 Å². The van der Waals surface area contributed by atoms with Crippen molar-refractivity contribution in [2.24, 2.45) is 13.0 Å². The van der Waals surface area contributed by atoms with Gasteiger partial charge in [-0.3, -0.25) is 0 Å². The number of rotatable bonds is 3. The molecule has 0 amide bonds. The zero-order valence-electron chi connectivity index (χ0n) is 10.9. The molecule has 1 aromatic rings. The van der Waals surface area contributed by atoms with Gasteiger partial charge in [0.05, 0.1) is 6.10 Å². The van der Waals surface area contributed by atoms with E-state index in [4.69, 9.17) is 0 Å². The quantitative estimate of drug-likeness (QED) is 0.849. The van der Waals surface area contributed by atoms with E-state index in [1.54, 1.807) is 25.5 Å². The van der Waals surface area contributed by atoms with Crippen LogP contribution in [-0.4, -0.2) is 46.6 Å². The van der Waals surface area contributed by atoms with E-state index in [0.717, 1.165) is 0 Å². The number of hydrogen-bond donors (Lipinski definition) is 1. The van der Waals surface area contributed by atoms with Crippen LogP contribution in [-0.2, 0) is 17.1 Å². The molecule has 2 heterocycles. The first kappa shape index (κ1) is 13.5. The Kier molecular flexibility index (Phi) is 3.48. The molecule has 7 heteroatoms. The molecule has 2 unspecified atom stereocenters. The number of nitrogens with zero attached hydrogens (tertiary/aromatic N) is 3. The molecule has 0 aromatic carbocycles. The molecule has 0 aliphatic carbocycles. The summed E-state index contributed by atoms with van der Waals surface area (Å²) in [5, 5.41) is 9.60. The number of hydrogen-bond acceptors (Lipinski definition) is 4. The van der Waals surface area contributed by atoms with Crippen LogP contribution in [0, 0.1) is 12.8 Å². The SMILES string of the molecule is Cc1nc(S(=O)(=O)N2CCC(C(C)O)C2)cn1C. The van der Waals surface area contributed by atoms with E-state index in [1.165, 1.54) is 10.5 Å². The van der Waals surface area contributed by atoms with E-state index in [2.05, 4.69) is 4.98 Å². The summed E-state index contributed by atoms with van der Waals surface area (Å²) >= 11 is 0. The summed E-state index contributed by atoms with van der Waals surface area (Å²) in [4.78, 5) is 4.07. The number of aliphatic hydroxyl groups excluding tert-OH is 1. The van der Waals surface area contributed by atoms with Crippen LogP contribution in [0.3, 0.4) is 0 Å². The average molecular weight is 273 g/mol. The zero-order valence-corrected chi connectivity index (χ0v) is 11.7. The largest absolute Gasteiger partial charge is 0.393 e. The second-order valence-corrected chi connectivity index (χ2v) is 6.77. The minimum absolute atomic E-state index is 0.0181. The van der Waals surface area contributed by atoms with Gasteiger partial charge in [0.1, 0.15) is 5.82 Å². The standard InChI is InChI=1S/C11H19N3O3S/c1-8(15)10-4-5-14(6-10)18(16,17)11-7-13(3)9(2)12-11/h7-8,10,15H,4-6H2,1-3H3. The van der Waals surface area contributed by atoms with Crippen LogP contribution in [0.5, 0.6) is 0 Å². The fourth-order valence-corrected chi connectivity index (χ4v) is 3.69. The molecule has 0 saturated carbocycles. The first-order chi connectivity index (χ1) is 8.32. The average Bonchev–Trinajstić information content (AvgIpc) is 2.87. The van der Waals surface area contributed by atoms with Gasteiger partial charge in [0.2, 0.25) is 0 Å². The lowest BCUT2D eigenvalue weighted by Gasteiger charge is -2.16. The Morgan fingerprint density at radius 3 is 2.67 bits per heavy atom. The summed E-state index contributed by atoms with van der Waals surface area (Å²) in [7, 11) is -1.75. The summed E-state index contributed by atoms with van der Waals surface area (Å²) < 4.78 is 27.8. The summed E-state index contributed by atoms with van der Waals surface area (Å²) in [6, 6.07) is 0. The topological polar surface area (TPSA) is 75.4 Å². The molecule has 1 fully saturated rings. The normalized spacial score (nSPS) is 23.4. The highest BCUT2D eigenvalue weighted by Crippen LogP contribution is 2.25. The van der Waals surface area contributed by atoms with Crippen molar-refractivity contribution in [3.05, 3.63) is 12.0 Å². The lowest BCUT2D eigenvalue weighted by Crippen LogP contribution is -2.30. The molecular formula is C11H19N3O3S. The lowest BCUT2D eigenvalue weighted by atomic mass is 10.0. The summed E-state index contributed by atoms with van der Waals surface area (Å²) in [6.45, 7) is 4.29. The van der Waals surface area contributed by atoms with Crippen LogP contribution >= 0.6 is 0 Å². The van der Waals surface area contributed by atoms with Crippen LogP contribution < -0.4 is 0 Å². The number of aliphatic hydroxyl groups is 1. The maximum absolute atomic E-state index is 12.3. The molecule has 0 spiro atoms. The fourth-order valence-electron chi connectivity index (χ4n) is 2.15. The Hall–Kier alpha value is -0.920. The molecule has 1 aliphatic heterocycles.